The Morgan fingerprint density at radius 2 is 2.18 bits per heavy atom. The number of esters is 2. The number of benzene rings is 1. The summed E-state index contributed by atoms with van der Waals surface area (Å²) in [5.74, 6) is -0.930. The first-order chi connectivity index (χ1) is 8.11. The molecule has 0 amide bonds. The molecule has 0 aliphatic carbocycles. The summed E-state index contributed by atoms with van der Waals surface area (Å²) >= 11 is 5.89. The first kappa shape index (κ1) is 11.9. The predicted molar refractivity (Wildman–Crippen MR) is 61.1 cm³/mol. The van der Waals surface area contributed by atoms with Gasteiger partial charge in [0, 0.05) is 17.0 Å². The molecule has 1 saturated heterocycles. The van der Waals surface area contributed by atoms with Crippen LogP contribution in [0.2, 0.25) is 5.02 Å². The number of cyclic esters (lactones) is 2. The summed E-state index contributed by atoms with van der Waals surface area (Å²) in [6.07, 6.45) is 0.653. The van der Waals surface area contributed by atoms with Crippen molar-refractivity contribution in [3.8, 4) is 5.75 Å². The molecule has 1 fully saturated rings. The highest BCUT2D eigenvalue weighted by atomic mass is 35.5. The second kappa shape index (κ2) is 4.75. The molecule has 0 aromatic heterocycles. The normalized spacial score (nSPS) is 20.0. The van der Waals surface area contributed by atoms with Crippen LogP contribution in [0.4, 0.5) is 0 Å². The average molecular weight is 255 g/mol. The summed E-state index contributed by atoms with van der Waals surface area (Å²) < 4.78 is 9.79. The molecule has 1 aromatic carbocycles. The summed E-state index contributed by atoms with van der Waals surface area (Å²) in [7, 11) is 1.52. The molecule has 17 heavy (non-hydrogen) atoms. The van der Waals surface area contributed by atoms with Gasteiger partial charge in [-0.05, 0) is 24.6 Å². The zero-order valence-corrected chi connectivity index (χ0v) is 9.99. The average Bonchev–Trinajstić information content (AvgIpc) is 2.29. The fourth-order valence-electron chi connectivity index (χ4n) is 1.87. The Kier molecular flexibility index (Phi) is 3.33. The van der Waals surface area contributed by atoms with Crippen LogP contribution in [0.1, 0.15) is 24.3 Å². The van der Waals surface area contributed by atoms with E-state index in [1.54, 1.807) is 18.2 Å². The second-order valence-corrected chi connectivity index (χ2v) is 4.21. The van der Waals surface area contributed by atoms with Crippen LogP contribution < -0.4 is 4.74 Å². The Labute approximate surface area is 103 Å². The lowest BCUT2D eigenvalue weighted by atomic mass is 9.92. The van der Waals surface area contributed by atoms with E-state index in [1.165, 1.54) is 7.11 Å². The molecule has 1 heterocycles. The first-order valence-corrected chi connectivity index (χ1v) is 5.57. The molecule has 90 valence electrons. The molecular weight excluding hydrogens is 244 g/mol. The van der Waals surface area contributed by atoms with Crippen LogP contribution in [0.25, 0.3) is 0 Å². The molecule has 2 rings (SSSR count). The molecule has 1 aliphatic heterocycles. The summed E-state index contributed by atoms with van der Waals surface area (Å²) in [6, 6.07) is 5.05. The fraction of sp³-hybridized carbons (Fsp3) is 0.333. The maximum atomic E-state index is 11.6. The van der Waals surface area contributed by atoms with Gasteiger partial charge in [-0.1, -0.05) is 11.6 Å². The van der Waals surface area contributed by atoms with Crippen molar-refractivity contribution in [3.63, 3.8) is 0 Å². The summed E-state index contributed by atoms with van der Waals surface area (Å²) in [4.78, 5) is 22.6. The monoisotopic (exact) mass is 254 g/mol. The largest absolute Gasteiger partial charge is 0.496 e. The van der Waals surface area contributed by atoms with Crippen molar-refractivity contribution in [2.75, 3.05) is 7.11 Å². The Balaban J connectivity index is 2.35. The number of ether oxygens (including phenoxy) is 2. The minimum atomic E-state index is -0.540. The van der Waals surface area contributed by atoms with Crippen LogP contribution in [0.15, 0.2) is 18.2 Å². The number of carbonyl (C=O) groups excluding carboxylic acids is 2. The van der Waals surface area contributed by atoms with Crippen molar-refractivity contribution >= 4 is 23.5 Å². The van der Waals surface area contributed by atoms with Crippen molar-refractivity contribution in [3.05, 3.63) is 28.8 Å². The number of hydrogen-bond acceptors (Lipinski definition) is 4. The molecule has 5 heteroatoms. The summed E-state index contributed by atoms with van der Waals surface area (Å²) in [6.45, 7) is 0. The zero-order chi connectivity index (χ0) is 12.4. The maximum Gasteiger partial charge on any atom is 0.321 e. The van der Waals surface area contributed by atoms with Gasteiger partial charge in [0.15, 0.2) is 0 Å². The minimum Gasteiger partial charge on any atom is -0.496 e. The smallest absolute Gasteiger partial charge is 0.321 e. The number of hydrogen-bond donors (Lipinski definition) is 0. The van der Waals surface area contributed by atoms with Gasteiger partial charge >= 0.3 is 11.9 Å². The number of halogens is 1. The van der Waals surface area contributed by atoms with Crippen LogP contribution in [-0.2, 0) is 14.3 Å². The highest BCUT2D eigenvalue weighted by Gasteiger charge is 2.32. The van der Waals surface area contributed by atoms with Gasteiger partial charge in [0.05, 0.1) is 13.0 Å². The fourth-order valence-corrected chi connectivity index (χ4v) is 2.05. The van der Waals surface area contributed by atoms with Crippen LogP contribution >= 0.6 is 11.6 Å². The van der Waals surface area contributed by atoms with Crippen molar-refractivity contribution in [2.45, 2.75) is 18.8 Å². The Bertz CT molecular complexity index is 470. The van der Waals surface area contributed by atoms with E-state index in [0.717, 1.165) is 0 Å². The third kappa shape index (κ3) is 2.42. The van der Waals surface area contributed by atoms with Gasteiger partial charge in [0.25, 0.3) is 0 Å². The Morgan fingerprint density at radius 1 is 1.41 bits per heavy atom. The lowest BCUT2D eigenvalue weighted by Crippen LogP contribution is -2.26. The van der Waals surface area contributed by atoms with Crippen molar-refractivity contribution < 1.29 is 19.1 Å². The lowest BCUT2D eigenvalue weighted by molar-refractivity contribution is -0.164. The van der Waals surface area contributed by atoms with Gasteiger partial charge in [0.2, 0.25) is 0 Å². The number of rotatable bonds is 2. The van der Waals surface area contributed by atoms with Crippen molar-refractivity contribution in [2.24, 2.45) is 0 Å². The summed E-state index contributed by atoms with van der Waals surface area (Å²) in [5, 5.41) is 0.519. The molecule has 0 bridgehead atoms. The van der Waals surface area contributed by atoms with E-state index in [0.29, 0.717) is 22.8 Å². The van der Waals surface area contributed by atoms with E-state index < -0.39 is 17.9 Å². The predicted octanol–water partition coefficient (Wildman–Crippen LogP) is 2.30. The standard InChI is InChI=1S/C12H11ClO4/c1-16-10-4-2-7(13)6-9(10)8-3-5-11(14)17-12(8)15/h2,4,6,8H,3,5H2,1H3. The summed E-state index contributed by atoms with van der Waals surface area (Å²) in [5.41, 5.74) is 0.664. The van der Waals surface area contributed by atoms with E-state index in [4.69, 9.17) is 16.3 Å². The van der Waals surface area contributed by atoms with Crippen LogP contribution in [-0.4, -0.2) is 19.0 Å². The van der Waals surface area contributed by atoms with Crippen LogP contribution in [0.3, 0.4) is 0 Å². The Morgan fingerprint density at radius 3 is 2.82 bits per heavy atom. The molecular formula is C12H11ClO4. The quantitative estimate of drug-likeness (QED) is 0.600. The zero-order valence-electron chi connectivity index (χ0n) is 9.23. The van der Waals surface area contributed by atoms with Crippen LogP contribution in [0.5, 0.6) is 5.75 Å². The number of carbonyl (C=O) groups is 2. The van der Waals surface area contributed by atoms with Crippen LogP contribution in [0, 0.1) is 0 Å². The molecule has 1 aliphatic rings. The molecule has 0 spiro atoms. The second-order valence-electron chi connectivity index (χ2n) is 3.77. The molecule has 0 saturated carbocycles. The van der Waals surface area contributed by atoms with E-state index >= 15 is 0 Å². The van der Waals surface area contributed by atoms with E-state index in [9.17, 15) is 9.59 Å². The van der Waals surface area contributed by atoms with Gasteiger partial charge in [-0.15, -0.1) is 0 Å². The van der Waals surface area contributed by atoms with Gasteiger partial charge in [-0.3, -0.25) is 9.59 Å². The highest BCUT2D eigenvalue weighted by Crippen LogP contribution is 2.35. The van der Waals surface area contributed by atoms with Gasteiger partial charge in [-0.25, -0.2) is 0 Å². The maximum absolute atomic E-state index is 11.6. The third-order valence-corrected chi connectivity index (χ3v) is 2.94. The highest BCUT2D eigenvalue weighted by molar-refractivity contribution is 6.30. The Hall–Kier alpha value is -1.55. The molecule has 0 radical (unpaired) electrons. The SMILES string of the molecule is COc1ccc(Cl)cc1C1CCC(=O)OC1=O. The van der Waals surface area contributed by atoms with Gasteiger partial charge < -0.3 is 9.47 Å². The minimum absolute atomic E-state index is 0.228. The van der Waals surface area contributed by atoms with Gasteiger partial charge in [0.1, 0.15) is 5.75 Å². The molecule has 4 nitrogen and oxygen atoms in total. The van der Waals surface area contributed by atoms with Gasteiger partial charge in [-0.2, -0.15) is 0 Å². The lowest BCUT2D eigenvalue weighted by Gasteiger charge is -2.21. The molecule has 1 unspecified atom stereocenters. The van der Waals surface area contributed by atoms with E-state index in [-0.39, 0.29) is 6.42 Å². The number of methoxy groups -OCH3 is 1. The molecule has 1 aromatic rings. The first-order valence-electron chi connectivity index (χ1n) is 5.20. The van der Waals surface area contributed by atoms with E-state index in [2.05, 4.69) is 4.74 Å². The van der Waals surface area contributed by atoms with E-state index in [1.807, 2.05) is 0 Å². The molecule has 0 N–H and O–H groups in total. The topological polar surface area (TPSA) is 52.6 Å². The van der Waals surface area contributed by atoms with Crippen molar-refractivity contribution in [1.82, 2.24) is 0 Å². The third-order valence-electron chi connectivity index (χ3n) is 2.70. The van der Waals surface area contributed by atoms with Crippen molar-refractivity contribution in [1.29, 1.82) is 0 Å². The molecule has 1 atom stereocenters.